The minimum atomic E-state index is -0.700. The van der Waals surface area contributed by atoms with E-state index in [-0.39, 0.29) is 5.92 Å². The van der Waals surface area contributed by atoms with Crippen molar-refractivity contribution in [3.05, 3.63) is 0 Å². The van der Waals surface area contributed by atoms with Crippen molar-refractivity contribution in [1.29, 1.82) is 0 Å². The van der Waals surface area contributed by atoms with Crippen LogP contribution in [0.5, 0.6) is 0 Å². The molecule has 0 fully saturated rings. The molecule has 0 aliphatic heterocycles. The molecule has 0 spiro atoms. The van der Waals surface area contributed by atoms with Crippen molar-refractivity contribution < 1.29 is 5.11 Å². The van der Waals surface area contributed by atoms with Gasteiger partial charge in [-0.2, -0.15) is 0 Å². The molecule has 0 saturated heterocycles. The van der Waals surface area contributed by atoms with Gasteiger partial charge in [-0.15, -0.1) is 0 Å². The smallest absolute Gasteiger partial charge is 0.103 e. The molecule has 0 bridgehead atoms. The highest BCUT2D eigenvalue weighted by molar-refractivity contribution is 4.74. The first-order valence-corrected chi connectivity index (χ1v) is 3.71. The fraction of sp³-hybridized carbons (Fsp3) is 1.00. The molecule has 1 nitrogen and oxygen atoms in total. The number of rotatable bonds is 3. The quantitative estimate of drug-likeness (QED) is 0.558. The minimum Gasteiger partial charge on any atom is -0.230 e. The van der Waals surface area contributed by atoms with Gasteiger partial charge >= 0.3 is 0 Å². The third-order valence-electron chi connectivity index (χ3n) is 1.97. The fourth-order valence-corrected chi connectivity index (χ4v) is 0.785. The predicted octanol–water partition coefficient (Wildman–Crippen LogP) is 2.63. The van der Waals surface area contributed by atoms with Crippen LogP contribution in [0.3, 0.4) is 0 Å². The second-order valence-electron chi connectivity index (χ2n) is 3.22. The van der Waals surface area contributed by atoms with Crippen molar-refractivity contribution in [3.63, 3.8) is 0 Å². The largest absolute Gasteiger partial charge is 0.230 e. The molecule has 1 unspecified atom stereocenters. The first-order chi connectivity index (χ1) is 4.00. The number of hydrogen-bond acceptors (Lipinski definition) is 0. The maximum Gasteiger partial charge on any atom is 0.103 e. The first-order valence-electron chi connectivity index (χ1n) is 3.71. The molecule has 1 heteroatoms. The molecule has 0 aliphatic carbocycles. The summed E-state index contributed by atoms with van der Waals surface area (Å²) < 4.78 is 0. The van der Waals surface area contributed by atoms with E-state index in [4.69, 9.17) is 0 Å². The molecular formula is C8H17O. The lowest BCUT2D eigenvalue weighted by Gasteiger charge is -2.23. The molecule has 0 aromatic rings. The Morgan fingerprint density at radius 1 is 1.44 bits per heavy atom. The monoisotopic (exact) mass is 129 g/mol. The van der Waals surface area contributed by atoms with Crippen LogP contribution in [0.2, 0.25) is 0 Å². The van der Waals surface area contributed by atoms with E-state index in [1.807, 2.05) is 13.8 Å². The molecule has 9 heavy (non-hydrogen) atoms. The minimum absolute atomic E-state index is 0.262. The Morgan fingerprint density at radius 3 is 2.00 bits per heavy atom. The van der Waals surface area contributed by atoms with Crippen LogP contribution in [0.4, 0.5) is 0 Å². The summed E-state index contributed by atoms with van der Waals surface area (Å²) in [5.41, 5.74) is -0.700. The van der Waals surface area contributed by atoms with Crippen LogP contribution in [-0.4, -0.2) is 5.60 Å². The number of hydrogen-bond donors (Lipinski definition) is 0. The molecule has 0 rings (SSSR count). The molecule has 0 saturated carbocycles. The van der Waals surface area contributed by atoms with E-state index in [0.29, 0.717) is 0 Å². The van der Waals surface area contributed by atoms with Gasteiger partial charge in [0, 0.05) is 0 Å². The summed E-state index contributed by atoms with van der Waals surface area (Å²) in [6.45, 7) is 7.82. The van der Waals surface area contributed by atoms with E-state index in [2.05, 4.69) is 6.92 Å². The van der Waals surface area contributed by atoms with E-state index in [1.165, 1.54) is 0 Å². The fourth-order valence-electron chi connectivity index (χ4n) is 0.785. The van der Waals surface area contributed by atoms with Crippen LogP contribution in [0.25, 0.3) is 0 Å². The summed E-state index contributed by atoms with van der Waals surface area (Å²) >= 11 is 0. The predicted molar refractivity (Wildman–Crippen MR) is 38.8 cm³/mol. The summed E-state index contributed by atoms with van der Waals surface area (Å²) in [6.07, 6.45) is 1.79. The van der Waals surface area contributed by atoms with Gasteiger partial charge in [0.05, 0.1) is 0 Å². The first kappa shape index (κ1) is 8.96. The van der Waals surface area contributed by atoms with Crippen molar-refractivity contribution in [2.24, 2.45) is 5.92 Å². The summed E-state index contributed by atoms with van der Waals surface area (Å²) in [6, 6.07) is 0. The highest BCUT2D eigenvalue weighted by atomic mass is 16.3. The average Bonchev–Trinajstić information content (AvgIpc) is 1.65. The Bertz CT molecular complexity index is 74.6. The molecule has 0 amide bonds. The highest BCUT2D eigenvalue weighted by Crippen LogP contribution is 2.21. The topological polar surface area (TPSA) is 19.9 Å². The lowest BCUT2D eigenvalue weighted by molar-refractivity contribution is -0.0584. The Morgan fingerprint density at radius 2 is 1.89 bits per heavy atom. The van der Waals surface area contributed by atoms with E-state index in [1.54, 1.807) is 6.92 Å². The molecule has 55 valence electrons. The van der Waals surface area contributed by atoms with Crippen LogP contribution in [0.15, 0.2) is 0 Å². The van der Waals surface area contributed by atoms with E-state index in [9.17, 15) is 5.11 Å². The summed E-state index contributed by atoms with van der Waals surface area (Å²) in [5.74, 6) is 0.262. The SMILES string of the molecule is CCCC(C)([O])C(C)C. The molecule has 0 heterocycles. The summed E-state index contributed by atoms with van der Waals surface area (Å²) in [7, 11) is 0. The molecule has 0 aromatic carbocycles. The molecule has 0 aliphatic rings. The Kier molecular flexibility index (Phi) is 3.20. The second-order valence-corrected chi connectivity index (χ2v) is 3.22. The van der Waals surface area contributed by atoms with Crippen LogP contribution < -0.4 is 0 Å². The Balaban J connectivity index is 3.70. The van der Waals surface area contributed by atoms with Crippen molar-refractivity contribution in [3.8, 4) is 0 Å². The summed E-state index contributed by atoms with van der Waals surface area (Å²) in [5, 5.41) is 11.4. The maximum atomic E-state index is 11.4. The third-order valence-corrected chi connectivity index (χ3v) is 1.97. The van der Waals surface area contributed by atoms with Gasteiger partial charge in [-0.1, -0.05) is 27.2 Å². The lowest BCUT2D eigenvalue weighted by Crippen LogP contribution is -2.28. The highest BCUT2D eigenvalue weighted by Gasteiger charge is 2.25. The van der Waals surface area contributed by atoms with Gasteiger partial charge in [0.2, 0.25) is 0 Å². The van der Waals surface area contributed by atoms with Gasteiger partial charge in [-0.05, 0) is 19.3 Å². The van der Waals surface area contributed by atoms with Gasteiger partial charge in [-0.3, -0.25) is 0 Å². The zero-order valence-electron chi connectivity index (χ0n) is 6.90. The standard InChI is InChI=1S/C8H17O/c1-5-6-8(4,9)7(2)3/h7H,5-6H2,1-4H3. The normalized spacial score (nSPS) is 18.0. The zero-order valence-corrected chi connectivity index (χ0v) is 6.90. The average molecular weight is 129 g/mol. The maximum absolute atomic E-state index is 11.4. The van der Waals surface area contributed by atoms with Crippen LogP contribution in [0, 0.1) is 5.92 Å². The lowest BCUT2D eigenvalue weighted by atomic mass is 9.88. The van der Waals surface area contributed by atoms with E-state index in [0.717, 1.165) is 12.8 Å². The van der Waals surface area contributed by atoms with Crippen molar-refractivity contribution in [2.75, 3.05) is 0 Å². The molecule has 0 aromatic heterocycles. The van der Waals surface area contributed by atoms with Gasteiger partial charge in [0.1, 0.15) is 5.60 Å². The molecular weight excluding hydrogens is 112 g/mol. The summed E-state index contributed by atoms with van der Waals surface area (Å²) in [4.78, 5) is 0. The van der Waals surface area contributed by atoms with Crippen LogP contribution in [-0.2, 0) is 5.11 Å². The van der Waals surface area contributed by atoms with Gasteiger partial charge in [0.15, 0.2) is 0 Å². The Labute approximate surface area is 58.1 Å². The van der Waals surface area contributed by atoms with Crippen LogP contribution in [0.1, 0.15) is 40.5 Å². The van der Waals surface area contributed by atoms with E-state index < -0.39 is 5.60 Å². The van der Waals surface area contributed by atoms with Gasteiger partial charge in [-0.25, -0.2) is 5.11 Å². The molecule has 1 atom stereocenters. The van der Waals surface area contributed by atoms with Gasteiger partial charge < -0.3 is 0 Å². The van der Waals surface area contributed by atoms with Crippen molar-refractivity contribution in [2.45, 2.75) is 46.1 Å². The second kappa shape index (κ2) is 3.21. The Hall–Kier alpha value is -0.0400. The van der Waals surface area contributed by atoms with Crippen LogP contribution >= 0.6 is 0 Å². The van der Waals surface area contributed by atoms with E-state index >= 15 is 0 Å². The van der Waals surface area contributed by atoms with Gasteiger partial charge in [0.25, 0.3) is 0 Å². The zero-order chi connectivity index (χ0) is 7.49. The van der Waals surface area contributed by atoms with Crippen molar-refractivity contribution in [1.82, 2.24) is 0 Å². The third kappa shape index (κ3) is 2.85. The molecule has 1 radical (unpaired) electrons. The van der Waals surface area contributed by atoms with Crippen molar-refractivity contribution >= 4 is 0 Å². The molecule has 0 N–H and O–H groups in total.